The van der Waals surface area contributed by atoms with Gasteiger partial charge in [0.25, 0.3) is 0 Å². The van der Waals surface area contributed by atoms with Crippen molar-refractivity contribution in [1.82, 2.24) is 0 Å². The van der Waals surface area contributed by atoms with Crippen molar-refractivity contribution in [3.63, 3.8) is 0 Å². The Morgan fingerprint density at radius 2 is 2.05 bits per heavy atom. The van der Waals surface area contributed by atoms with Crippen LogP contribution in [0.15, 0.2) is 18.2 Å². The third kappa shape index (κ3) is 2.40. The van der Waals surface area contributed by atoms with E-state index >= 15 is 0 Å². The maximum absolute atomic E-state index is 8.96. The molecule has 0 bridgehead atoms. The van der Waals surface area contributed by atoms with E-state index in [0.29, 0.717) is 6.04 Å². The van der Waals surface area contributed by atoms with E-state index in [-0.39, 0.29) is 5.92 Å². The van der Waals surface area contributed by atoms with E-state index in [1.165, 1.54) is 11.3 Å². The molecule has 0 saturated heterocycles. The molecule has 1 fully saturated rings. The lowest BCUT2D eigenvalue weighted by atomic mass is 9.86. The molecule has 19 heavy (non-hydrogen) atoms. The van der Waals surface area contributed by atoms with Gasteiger partial charge in [-0.15, -0.1) is 0 Å². The molecule has 1 aliphatic carbocycles. The van der Waals surface area contributed by atoms with E-state index in [1.807, 2.05) is 0 Å². The Morgan fingerprint density at radius 3 is 2.79 bits per heavy atom. The van der Waals surface area contributed by atoms with Crippen molar-refractivity contribution < 1.29 is 4.74 Å². The summed E-state index contributed by atoms with van der Waals surface area (Å²) in [6.07, 6.45) is 5.36. The summed E-state index contributed by atoms with van der Waals surface area (Å²) in [4.78, 5) is 2.38. The topological polar surface area (TPSA) is 36.3 Å². The van der Waals surface area contributed by atoms with Crippen molar-refractivity contribution >= 4 is 5.69 Å². The molecule has 0 spiro atoms. The number of nitrogens with zero attached hydrogens (tertiary/aromatic N) is 2. The molecule has 2 aliphatic rings. The van der Waals surface area contributed by atoms with Crippen molar-refractivity contribution in [3.8, 4) is 11.8 Å². The Balaban J connectivity index is 1.71. The molecule has 3 nitrogen and oxygen atoms in total. The van der Waals surface area contributed by atoms with Crippen LogP contribution in [0.25, 0.3) is 0 Å². The molecule has 1 aliphatic heterocycles. The molecule has 1 saturated carbocycles. The molecule has 0 atom stereocenters. The molecule has 0 radical (unpaired) electrons. The fourth-order valence-corrected chi connectivity index (χ4v) is 3.20. The van der Waals surface area contributed by atoms with Gasteiger partial charge >= 0.3 is 0 Å². The Morgan fingerprint density at radius 1 is 1.26 bits per heavy atom. The van der Waals surface area contributed by atoms with E-state index in [2.05, 4.69) is 36.2 Å². The highest BCUT2D eigenvalue weighted by molar-refractivity contribution is 5.54. The van der Waals surface area contributed by atoms with E-state index in [9.17, 15) is 0 Å². The molecular weight excluding hydrogens is 236 g/mol. The van der Waals surface area contributed by atoms with Crippen LogP contribution >= 0.6 is 0 Å². The highest BCUT2D eigenvalue weighted by atomic mass is 16.5. The van der Waals surface area contributed by atoms with E-state index in [0.717, 1.165) is 44.5 Å². The van der Waals surface area contributed by atoms with Gasteiger partial charge in [-0.05, 0) is 49.4 Å². The summed E-state index contributed by atoms with van der Waals surface area (Å²) in [6, 6.07) is 9.48. The van der Waals surface area contributed by atoms with E-state index < -0.39 is 0 Å². The van der Waals surface area contributed by atoms with Crippen LogP contribution in [-0.2, 0) is 6.42 Å². The molecular formula is C16H20N2O. The highest BCUT2D eigenvalue weighted by Crippen LogP contribution is 2.33. The Labute approximate surface area is 114 Å². The van der Waals surface area contributed by atoms with Gasteiger partial charge in [-0.1, -0.05) is 0 Å². The van der Waals surface area contributed by atoms with Crippen LogP contribution in [-0.4, -0.2) is 19.7 Å². The molecule has 1 heterocycles. The average molecular weight is 256 g/mol. The van der Waals surface area contributed by atoms with Crippen molar-refractivity contribution in [2.45, 2.75) is 38.1 Å². The van der Waals surface area contributed by atoms with Gasteiger partial charge in [0, 0.05) is 31.1 Å². The second-order valence-corrected chi connectivity index (χ2v) is 5.64. The lowest BCUT2D eigenvalue weighted by Crippen LogP contribution is -2.35. The van der Waals surface area contributed by atoms with Gasteiger partial charge in [0.2, 0.25) is 0 Å². The Bertz CT molecular complexity index is 498. The standard InChI is InChI=1S/C16H20N2O/c1-18(14-4-2-12(11-17)3-5-14)15-6-7-16-13(10-15)8-9-19-16/h6-7,10,12,14H,2-5,8-9H2,1H3. The maximum atomic E-state index is 8.96. The molecule has 1 aromatic rings. The summed E-state index contributed by atoms with van der Waals surface area (Å²) in [5.41, 5.74) is 2.61. The Kier molecular flexibility index (Phi) is 3.33. The summed E-state index contributed by atoms with van der Waals surface area (Å²) in [7, 11) is 2.18. The van der Waals surface area contributed by atoms with Crippen LogP contribution in [0, 0.1) is 17.2 Å². The van der Waals surface area contributed by atoms with E-state index in [4.69, 9.17) is 10.00 Å². The van der Waals surface area contributed by atoms with Crippen LogP contribution in [0.5, 0.6) is 5.75 Å². The van der Waals surface area contributed by atoms with Crippen LogP contribution in [0.4, 0.5) is 5.69 Å². The smallest absolute Gasteiger partial charge is 0.122 e. The molecule has 1 aromatic carbocycles. The van der Waals surface area contributed by atoms with Crippen molar-refractivity contribution in [1.29, 1.82) is 5.26 Å². The summed E-state index contributed by atoms with van der Waals surface area (Å²) in [5, 5.41) is 8.96. The van der Waals surface area contributed by atoms with Gasteiger partial charge < -0.3 is 9.64 Å². The number of fused-ring (bicyclic) bond motifs is 1. The minimum absolute atomic E-state index is 0.276. The van der Waals surface area contributed by atoms with Crippen LogP contribution in [0.2, 0.25) is 0 Å². The molecule has 0 unspecified atom stereocenters. The summed E-state index contributed by atoms with van der Waals surface area (Å²) in [6.45, 7) is 0.815. The van der Waals surface area contributed by atoms with Gasteiger partial charge in [-0.2, -0.15) is 5.26 Å². The normalized spacial score (nSPS) is 25.3. The van der Waals surface area contributed by atoms with E-state index in [1.54, 1.807) is 0 Å². The number of nitriles is 1. The zero-order valence-corrected chi connectivity index (χ0v) is 11.4. The summed E-state index contributed by atoms with van der Waals surface area (Å²) >= 11 is 0. The van der Waals surface area contributed by atoms with Crippen molar-refractivity contribution in [2.24, 2.45) is 5.92 Å². The van der Waals surface area contributed by atoms with Crippen molar-refractivity contribution in [3.05, 3.63) is 23.8 Å². The van der Waals surface area contributed by atoms with Crippen LogP contribution in [0.3, 0.4) is 0 Å². The molecule has 3 heteroatoms. The lowest BCUT2D eigenvalue weighted by molar-refractivity contribution is 0.356. The first-order valence-electron chi connectivity index (χ1n) is 7.16. The first-order valence-corrected chi connectivity index (χ1v) is 7.16. The van der Waals surface area contributed by atoms with Gasteiger partial charge in [0.05, 0.1) is 12.7 Å². The third-order valence-corrected chi connectivity index (χ3v) is 4.51. The minimum Gasteiger partial charge on any atom is -0.493 e. The minimum atomic E-state index is 0.276. The molecule has 0 N–H and O–H groups in total. The van der Waals surface area contributed by atoms with Crippen LogP contribution in [0.1, 0.15) is 31.2 Å². The fourth-order valence-electron chi connectivity index (χ4n) is 3.20. The van der Waals surface area contributed by atoms with Gasteiger partial charge in [-0.3, -0.25) is 0 Å². The number of hydrogen-bond acceptors (Lipinski definition) is 3. The fraction of sp³-hybridized carbons (Fsp3) is 0.562. The molecule has 0 amide bonds. The van der Waals surface area contributed by atoms with Gasteiger partial charge in [-0.25, -0.2) is 0 Å². The Hall–Kier alpha value is -1.69. The van der Waals surface area contributed by atoms with Gasteiger partial charge in [0.15, 0.2) is 0 Å². The molecule has 100 valence electrons. The summed E-state index contributed by atoms with van der Waals surface area (Å²) < 4.78 is 5.55. The lowest BCUT2D eigenvalue weighted by Gasteiger charge is -2.34. The maximum Gasteiger partial charge on any atom is 0.122 e. The number of ether oxygens (including phenoxy) is 1. The average Bonchev–Trinajstić information content (AvgIpc) is 2.94. The molecule has 3 rings (SSSR count). The third-order valence-electron chi connectivity index (χ3n) is 4.51. The highest BCUT2D eigenvalue weighted by Gasteiger charge is 2.24. The monoisotopic (exact) mass is 256 g/mol. The zero-order valence-electron chi connectivity index (χ0n) is 11.4. The number of rotatable bonds is 2. The quantitative estimate of drug-likeness (QED) is 0.815. The predicted octanol–water partition coefficient (Wildman–Crippen LogP) is 3.14. The first kappa shape index (κ1) is 12.3. The molecule has 0 aromatic heterocycles. The van der Waals surface area contributed by atoms with Gasteiger partial charge in [0.1, 0.15) is 5.75 Å². The summed E-state index contributed by atoms with van der Waals surface area (Å²) in [5.74, 6) is 1.32. The van der Waals surface area contributed by atoms with Crippen LogP contribution < -0.4 is 9.64 Å². The second-order valence-electron chi connectivity index (χ2n) is 5.64. The number of benzene rings is 1. The second kappa shape index (κ2) is 5.13. The number of hydrogen-bond donors (Lipinski definition) is 0. The first-order chi connectivity index (χ1) is 9.28. The predicted molar refractivity (Wildman–Crippen MR) is 75.4 cm³/mol. The SMILES string of the molecule is CN(c1ccc2c(c1)CCO2)C1CCC(C#N)CC1. The van der Waals surface area contributed by atoms with Crippen molar-refractivity contribution in [2.75, 3.05) is 18.6 Å². The number of anilines is 1. The largest absolute Gasteiger partial charge is 0.493 e. The zero-order chi connectivity index (χ0) is 13.2.